The Bertz CT molecular complexity index is 635. The topological polar surface area (TPSA) is 41.6 Å². The van der Waals surface area contributed by atoms with E-state index in [4.69, 9.17) is 0 Å². The number of nitrogens with one attached hydrogen (secondary N) is 1. The molecular formula is C13H11N3. The van der Waals surface area contributed by atoms with Crippen molar-refractivity contribution >= 4 is 10.9 Å². The molecule has 0 unspecified atom stereocenters. The molecule has 0 radical (unpaired) electrons. The summed E-state index contributed by atoms with van der Waals surface area (Å²) in [5.41, 5.74) is 3.12. The first-order valence-corrected chi connectivity index (χ1v) is 5.20. The van der Waals surface area contributed by atoms with Crippen LogP contribution in [0.2, 0.25) is 0 Å². The number of aromatic amines is 1. The lowest BCUT2D eigenvalue weighted by molar-refractivity contribution is 1.15. The van der Waals surface area contributed by atoms with E-state index in [0.717, 1.165) is 28.0 Å². The van der Waals surface area contributed by atoms with Crippen molar-refractivity contribution < 1.29 is 0 Å². The minimum Gasteiger partial charge on any atom is -0.342 e. The SMILES string of the molecule is Cc1ncc(-c2cccc3cccnc23)[nH]1. The van der Waals surface area contributed by atoms with E-state index in [0.29, 0.717) is 0 Å². The van der Waals surface area contributed by atoms with E-state index < -0.39 is 0 Å². The molecule has 1 N–H and O–H groups in total. The van der Waals surface area contributed by atoms with Crippen LogP contribution in [0, 0.1) is 6.92 Å². The maximum atomic E-state index is 4.42. The number of hydrogen-bond donors (Lipinski definition) is 1. The van der Waals surface area contributed by atoms with Crippen molar-refractivity contribution in [1.29, 1.82) is 0 Å². The third-order valence-electron chi connectivity index (χ3n) is 2.63. The summed E-state index contributed by atoms with van der Waals surface area (Å²) < 4.78 is 0. The van der Waals surface area contributed by atoms with Gasteiger partial charge in [0.2, 0.25) is 0 Å². The quantitative estimate of drug-likeness (QED) is 0.669. The molecule has 0 amide bonds. The van der Waals surface area contributed by atoms with Gasteiger partial charge in [-0.2, -0.15) is 0 Å². The van der Waals surface area contributed by atoms with Crippen LogP contribution in [0.4, 0.5) is 0 Å². The Kier molecular flexibility index (Phi) is 1.96. The molecule has 3 heteroatoms. The van der Waals surface area contributed by atoms with Crippen molar-refractivity contribution in [1.82, 2.24) is 15.0 Å². The van der Waals surface area contributed by atoms with Gasteiger partial charge in [-0.15, -0.1) is 0 Å². The predicted molar refractivity (Wildman–Crippen MR) is 64.1 cm³/mol. The molecule has 0 spiro atoms. The summed E-state index contributed by atoms with van der Waals surface area (Å²) in [5.74, 6) is 0.919. The molecule has 2 aromatic heterocycles. The second kappa shape index (κ2) is 3.45. The molecule has 3 aromatic rings. The Morgan fingerprint density at radius 2 is 1.94 bits per heavy atom. The zero-order valence-electron chi connectivity index (χ0n) is 8.94. The van der Waals surface area contributed by atoms with Gasteiger partial charge in [-0.1, -0.05) is 24.3 Å². The van der Waals surface area contributed by atoms with Crippen LogP contribution >= 0.6 is 0 Å². The third-order valence-corrected chi connectivity index (χ3v) is 2.63. The van der Waals surface area contributed by atoms with Crippen molar-refractivity contribution in [2.45, 2.75) is 6.92 Å². The second-order valence-corrected chi connectivity index (χ2v) is 3.76. The van der Waals surface area contributed by atoms with E-state index in [1.54, 1.807) is 0 Å². The lowest BCUT2D eigenvalue weighted by Gasteiger charge is -2.02. The van der Waals surface area contributed by atoms with Crippen LogP contribution in [-0.4, -0.2) is 15.0 Å². The molecule has 0 aliphatic rings. The number of H-pyrrole nitrogens is 1. The number of rotatable bonds is 1. The average Bonchev–Trinajstić information content (AvgIpc) is 2.75. The van der Waals surface area contributed by atoms with Gasteiger partial charge >= 0.3 is 0 Å². The van der Waals surface area contributed by atoms with E-state index in [1.165, 1.54) is 0 Å². The summed E-state index contributed by atoms with van der Waals surface area (Å²) in [4.78, 5) is 11.9. The molecule has 0 saturated carbocycles. The molecule has 2 heterocycles. The van der Waals surface area contributed by atoms with Crippen LogP contribution in [0.5, 0.6) is 0 Å². The Labute approximate surface area is 93.2 Å². The Balaban J connectivity index is 2.31. The van der Waals surface area contributed by atoms with E-state index >= 15 is 0 Å². The van der Waals surface area contributed by atoms with Crippen LogP contribution < -0.4 is 0 Å². The van der Waals surface area contributed by atoms with Crippen molar-refractivity contribution in [2.75, 3.05) is 0 Å². The average molecular weight is 209 g/mol. The van der Waals surface area contributed by atoms with Gasteiger partial charge in [0.1, 0.15) is 5.82 Å². The van der Waals surface area contributed by atoms with E-state index in [2.05, 4.69) is 33.2 Å². The van der Waals surface area contributed by atoms with Gasteiger partial charge in [-0.25, -0.2) is 4.98 Å². The highest BCUT2D eigenvalue weighted by Crippen LogP contribution is 2.25. The summed E-state index contributed by atoms with van der Waals surface area (Å²) in [5, 5.41) is 1.15. The molecule has 3 nitrogen and oxygen atoms in total. The highest BCUT2D eigenvalue weighted by molar-refractivity contribution is 5.92. The summed E-state index contributed by atoms with van der Waals surface area (Å²) in [6, 6.07) is 10.2. The summed E-state index contributed by atoms with van der Waals surface area (Å²) in [7, 11) is 0. The fourth-order valence-electron chi connectivity index (χ4n) is 1.88. The Morgan fingerprint density at radius 3 is 2.75 bits per heavy atom. The normalized spacial score (nSPS) is 10.8. The minimum atomic E-state index is 0.919. The highest BCUT2D eigenvalue weighted by atomic mass is 14.9. The molecule has 0 saturated heterocycles. The fourth-order valence-corrected chi connectivity index (χ4v) is 1.88. The number of benzene rings is 1. The number of hydrogen-bond acceptors (Lipinski definition) is 2. The summed E-state index contributed by atoms with van der Waals surface area (Å²) in [6.45, 7) is 1.95. The maximum Gasteiger partial charge on any atom is 0.103 e. The number of fused-ring (bicyclic) bond motifs is 1. The molecule has 0 fully saturated rings. The monoisotopic (exact) mass is 209 g/mol. The van der Waals surface area contributed by atoms with E-state index in [9.17, 15) is 0 Å². The first-order valence-electron chi connectivity index (χ1n) is 5.20. The van der Waals surface area contributed by atoms with Gasteiger partial charge in [0.25, 0.3) is 0 Å². The van der Waals surface area contributed by atoms with Crippen LogP contribution in [0.25, 0.3) is 22.2 Å². The predicted octanol–water partition coefficient (Wildman–Crippen LogP) is 2.93. The van der Waals surface area contributed by atoms with Crippen molar-refractivity contribution in [3.05, 3.63) is 48.5 Å². The minimum absolute atomic E-state index is 0.919. The first kappa shape index (κ1) is 9.09. The molecule has 0 aliphatic heterocycles. The molecule has 1 aromatic carbocycles. The molecular weight excluding hydrogens is 198 g/mol. The van der Waals surface area contributed by atoms with Crippen LogP contribution in [0.3, 0.4) is 0 Å². The van der Waals surface area contributed by atoms with Gasteiger partial charge in [0, 0.05) is 17.1 Å². The van der Waals surface area contributed by atoms with Crippen LogP contribution in [-0.2, 0) is 0 Å². The van der Waals surface area contributed by atoms with Gasteiger partial charge < -0.3 is 4.98 Å². The second-order valence-electron chi connectivity index (χ2n) is 3.76. The number of pyridine rings is 1. The molecule has 0 bridgehead atoms. The van der Waals surface area contributed by atoms with Crippen molar-refractivity contribution in [3.63, 3.8) is 0 Å². The van der Waals surface area contributed by atoms with Gasteiger partial charge in [0.05, 0.1) is 17.4 Å². The fraction of sp³-hybridized carbons (Fsp3) is 0.0769. The van der Waals surface area contributed by atoms with Gasteiger partial charge in [0.15, 0.2) is 0 Å². The van der Waals surface area contributed by atoms with Crippen molar-refractivity contribution in [3.8, 4) is 11.3 Å². The summed E-state index contributed by atoms with van der Waals surface area (Å²) >= 11 is 0. The lowest BCUT2D eigenvalue weighted by atomic mass is 10.1. The van der Waals surface area contributed by atoms with Gasteiger partial charge in [-0.3, -0.25) is 4.98 Å². The molecule has 3 rings (SSSR count). The lowest BCUT2D eigenvalue weighted by Crippen LogP contribution is -1.84. The molecule has 16 heavy (non-hydrogen) atoms. The zero-order valence-corrected chi connectivity index (χ0v) is 8.94. The standard InChI is InChI=1S/C13H11N3/c1-9-15-8-12(16-9)11-6-2-4-10-5-3-7-14-13(10)11/h2-8H,1H3,(H,15,16). The third kappa shape index (κ3) is 1.37. The number of nitrogens with zero attached hydrogens (tertiary/aromatic N) is 2. The largest absolute Gasteiger partial charge is 0.342 e. The van der Waals surface area contributed by atoms with Crippen LogP contribution in [0.15, 0.2) is 42.7 Å². The number of aryl methyl sites for hydroxylation is 1. The van der Waals surface area contributed by atoms with E-state index in [1.807, 2.05) is 31.5 Å². The smallest absolute Gasteiger partial charge is 0.103 e. The molecule has 0 atom stereocenters. The molecule has 78 valence electrons. The number of imidazole rings is 1. The zero-order chi connectivity index (χ0) is 11.0. The number of aromatic nitrogens is 3. The van der Waals surface area contributed by atoms with Crippen LogP contribution in [0.1, 0.15) is 5.82 Å². The highest BCUT2D eigenvalue weighted by Gasteiger charge is 2.05. The van der Waals surface area contributed by atoms with E-state index in [-0.39, 0.29) is 0 Å². The first-order chi connectivity index (χ1) is 7.84. The Morgan fingerprint density at radius 1 is 1.06 bits per heavy atom. The van der Waals surface area contributed by atoms with Gasteiger partial charge in [-0.05, 0) is 13.0 Å². The molecule has 0 aliphatic carbocycles. The van der Waals surface area contributed by atoms with Crippen molar-refractivity contribution in [2.24, 2.45) is 0 Å². The number of para-hydroxylation sites is 1. The summed E-state index contributed by atoms with van der Waals surface area (Å²) in [6.07, 6.45) is 3.66. The maximum absolute atomic E-state index is 4.42. The Hall–Kier alpha value is -2.16.